The lowest BCUT2D eigenvalue weighted by Crippen LogP contribution is -2.50. The number of rotatable bonds is 4. The largest absolute Gasteiger partial charge is 0.378 e. The quantitative estimate of drug-likeness (QED) is 0.579. The van der Waals surface area contributed by atoms with Gasteiger partial charge in [0.2, 0.25) is 0 Å². The first-order chi connectivity index (χ1) is 15.8. The van der Waals surface area contributed by atoms with Gasteiger partial charge in [-0.2, -0.15) is 0 Å². The van der Waals surface area contributed by atoms with E-state index in [0.717, 1.165) is 33.1 Å². The van der Waals surface area contributed by atoms with E-state index in [0.29, 0.717) is 6.42 Å². The third-order valence-electron chi connectivity index (χ3n) is 6.85. The predicted molar refractivity (Wildman–Crippen MR) is 128 cm³/mol. The number of benzene rings is 2. The first-order valence-corrected chi connectivity index (χ1v) is 11.6. The molecule has 5 rings (SSSR count). The Morgan fingerprint density at radius 2 is 1.36 bits per heavy atom. The standard InChI is InChI=1S/C24H26N6O2S/c1-29(2)16-9-5-14(6-10-16)18-13-19-21(33-28-25-19)20(24(18)22(31)26-27-23(24)32)15-7-11-17(12-8-15)30(3)4/h5-12,18,20H,13H2,1-4H3,(H,26,31)(H,27,32). The van der Waals surface area contributed by atoms with Crippen molar-refractivity contribution in [2.24, 2.45) is 5.41 Å². The molecule has 2 atom stereocenters. The Morgan fingerprint density at radius 3 is 1.88 bits per heavy atom. The Morgan fingerprint density at radius 1 is 0.848 bits per heavy atom. The van der Waals surface area contributed by atoms with Crippen LogP contribution in [0, 0.1) is 5.41 Å². The number of aromatic nitrogens is 2. The molecule has 0 radical (unpaired) electrons. The van der Waals surface area contributed by atoms with Gasteiger partial charge in [-0.25, -0.2) is 0 Å². The van der Waals surface area contributed by atoms with Crippen molar-refractivity contribution in [2.75, 3.05) is 38.0 Å². The molecule has 2 unspecified atom stereocenters. The van der Waals surface area contributed by atoms with Gasteiger partial charge >= 0.3 is 0 Å². The topological polar surface area (TPSA) is 90.5 Å². The van der Waals surface area contributed by atoms with E-state index in [2.05, 4.69) is 20.4 Å². The van der Waals surface area contributed by atoms with Crippen LogP contribution in [0.5, 0.6) is 0 Å². The fourth-order valence-corrected chi connectivity index (χ4v) is 5.99. The number of anilines is 2. The van der Waals surface area contributed by atoms with E-state index >= 15 is 0 Å². The molecule has 33 heavy (non-hydrogen) atoms. The lowest BCUT2D eigenvalue weighted by atomic mass is 9.57. The van der Waals surface area contributed by atoms with Crippen molar-refractivity contribution in [2.45, 2.75) is 18.3 Å². The van der Waals surface area contributed by atoms with E-state index in [1.54, 1.807) is 0 Å². The average molecular weight is 463 g/mol. The Labute approximate surface area is 196 Å². The van der Waals surface area contributed by atoms with E-state index in [1.165, 1.54) is 11.5 Å². The predicted octanol–water partition coefficient (Wildman–Crippen LogP) is 2.29. The third-order valence-corrected chi connectivity index (χ3v) is 7.68. The molecule has 1 aromatic heterocycles. The summed E-state index contributed by atoms with van der Waals surface area (Å²) in [5.41, 5.74) is 8.68. The van der Waals surface area contributed by atoms with Crippen molar-refractivity contribution in [3.05, 3.63) is 70.2 Å². The second-order valence-electron chi connectivity index (χ2n) is 9.02. The van der Waals surface area contributed by atoms with Gasteiger partial charge in [-0.15, -0.1) is 5.10 Å². The molecule has 2 N–H and O–H groups in total. The zero-order chi connectivity index (χ0) is 23.3. The second-order valence-corrected chi connectivity index (χ2v) is 9.81. The Bertz CT molecular complexity index is 1190. The Hall–Kier alpha value is -3.46. The number of amides is 2. The number of hydrogen-bond donors (Lipinski definition) is 2. The van der Waals surface area contributed by atoms with Gasteiger partial charge in [0.25, 0.3) is 11.8 Å². The molecule has 0 saturated carbocycles. The van der Waals surface area contributed by atoms with Crippen LogP contribution in [-0.4, -0.2) is 49.6 Å². The van der Waals surface area contributed by atoms with Gasteiger partial charge in [0, 0.05) is 57.8 Å². The van der Waals surface area contributed by atoms with Crippen molar-refractivity contribution in [3.8, 4) is 0 Å². The molecular formula is C24H26N6O2S. The molecule has 9 heteroatoms. The summed E-state index contributed by atoms with van der Waals surface area (Å²) in [6.45, 7) is 0. The number of nitrogens with zero attached hydrogens (tertiary/aromatic N) is 4. The molecule has 2 aliphatic rings. The van der Waals surface area contributed by atoms with Crippen LogP contribution in [0.1, 0.15) is 33.5 Å². The number of carbonyl (C=O) groups is 2. The first-order valence-electron chi connectivity index (χ1n) is 10.8. The molecular weight excluding hydrogens is 436 g/mol. The number of hydrogen-bond acceptors (Lipinski definition) is 7. The van der Waals surface area contributed by atoms with Gasteiger partial charge in [0.05, 0.1) is 10.6 Å². The Kier molecular flexibility index (Phi) is 5.08. The van der Waals surface area contributed by atoms with Crippen LogP contribution in [0.15, 0.2) is 48.5 Å². The summed E-state index contributed by atoms with van der Waals surface area (Å²) in [5.74, 6) is -1.49. The van der Waals surface area contributed by atoms with Crippen molar-refractivity contribution in [3.63, 3.8) is 0 Å². The molecule has 1 fully saturated rings. The third kappa shape index (κ3) is 3.18. The minimum atomic E-state index is -1.33. The fourth-order valence-electron chi connectivity index (χ4n) is 5.11. The Balaban J connectivity index is 1.71. The summed E-state index contributed by atoms with van der Waals surface area (Å²) < 4.78 is 4.21. The van der Waals surface area contributed by atoms with Crippen LogP contribution in [0.25, 0.3) is 0 Å². The van der Waals surface area contributed by atoms with Crippen LogP contribution in [0.4, 0.5) is 11.4 Å². The molecule has 1 saturated heterocycles. The summed E-state index contributed by atoms with van der Waals surface area (Å²) in [6, 6.07) is 16.1. The van der Waals surface area contributed by atoms with Crippen LogP contribution in [0.2, 0.25) is 0 Å². The van der Waals surface area contributed by atoms with E-state index in [4.69, 9.17) is 0 Å². The highest BCUT2D eigenvalue weighted by Crippen LogP contribution is 2.58. The van der Waals surface area contributed by atoms with Crippen LogP contribution >= 0.6 is 11.5 Å². The minimum absolute atomic E-state index is 0.310. The van der Waals surface area contributed by atoms with Gasteiger partial charge < -0.3 is 9.80 Å². The molecule has 2 aromatic carbocycles. The van der Waals surface area contributed by atoms with Gasteiger partial charge in [0.1, 0.15) is 5.41 Å². The van der Waals surface area contributed by atoms with E-state index < -0.39 is 11.3 Å². The van der Waals surface area contributed by atoms with Crippen molar-refractivity contribution in [1.82, 2.24) is 20.4 Å². The highest BCUT2D eigenvalue weighted by Gasteiger charge is 2.65. The minimum Gasteiger partial charge on any atom is -0.378 e. The summed E-state index contributed by atoms with van der Waals surface area (Å²) in [6.07, 6.45) is 0.472. The normalized spacial score (nSPS) is 20.8. The van der Waals surface area contributed by atoms with E-state index in [-0.39, 0.29) is 17.7 Å². The van der Waals surface area contributed by atoms with E-state index in [1.807, 2.05) is 86.5 Å². The molecule has 0 bridgehead atoms. The lowest BCUT2D eigenvalue weighted by Gasteiger charge is -2.42. The summed E-state index contributed by atoms with van der Waals surface area (Å²) in [4.78, 5) is 32.0. The molecule has 1 spiro atoms. The molecule has 1 aliphatic carbocycles. The molecule has 1 aliphatic heterocycles. The molecule has 8 nitrogen and oxygen atoms in total. The highest BCUT2D eigenvalue weighted by molar-refractivity contribution is 7.05. The fraction of sp³-hybridized carbons (Fsp3) is 0.333. The number of fused-ring (bicyclic) bond motifs is 1. The van der Waals surface area contributed by atoms with Crippen molar-refractivity contribution >= 4 is 34.7 Å². The maximum atomic E-state index is 13.6. The van der Waals surface area contributed by atoms with Crippen molar-refractivity contribution in [1.29, 1.82) is 0 Å². The van der Waals surface area contributed by atoms with Gasteiger partial charge in [-0.05, 0) is 46.9 Å². The highest BCUT2D eigenvalue weighted by atomic mass is 32.1. The van der Waals surface area contributed by atoms with Crippen LogP contribution < -0.4 is 20.7 Å². The lowest BCUT2D eigenvalue weighted by molar-refractivity contribution is -0.139. The molecule has 2 amide bonds. The smallest absolute Gasteiger partial charge is 0.255 e. The first kappa shape index (κ1) is 21.4. The molecule has 3 aromatic rings. The molecule has 2 heterocycles. The van der Waals surface area contributed by atoms with Gasteiger partial charge in [-0.1, -0.05) is 28.8 Å². The average Bonchev–Trinajstić information content (AvgIpc) is 3.39. The maximum Gasteiger partial charge on any atom is 0.255 e. The monoisotopic (exact) mass is 462 g/mol. The van der Waals surface area contributed by atoms with Crippen LogP contribution in [0.3, 0.4) is 0 Å². The van der Waals surface area contributed by atoms with Crippen molar-refractivity contribution < 1.29 is 9.59 Å². The summed E-state index contributed by atoms with van der Waals surface area (Å²) >= 11 is 1.27. The zero-order valence-electron chi connectivity index (χ0n) is 19.0. The number of hydrazine groups is 1. The van der Waals surface area contributed by atoms with Gasteiger partial charge in [0.15, 0.2) is 0 Å². The van der Waals surface area contributed by atoms with Gasteiger partial charge in [-0.3, -0.25) is 20.4 Å². The maximum absolute atomic E-state index is 13.6. The zero-order valence-corrected chi connectivity index (χ0v) is 19.8. The molecule has 170 valence electrons. The van der Waals surface area contributed by atoms with E-state index in [9.17, 15) is 9.59 Å². The number of nitrogens with one attached hydrogen (secondary N) is 2. The number of carbonyl (C=O) groups excluding carboxylic acids is 2. The SMILES string of the molecule is CN(C)c1ccc(C2Cc3nnsc3C(c3ccc(N(C)C)cc3)C23C(=O)NNC3=O)cc1. The van der Waals surface area contributed by atoms with Crippen LogP contribution in [-0.2, 0) is 16.0 Å². The summed E-state index contributed by atoms with van der Waals surface area (Å²) in [7, 11) is 7.92. The second kappa shape index (κ2) is 7.84. The summed E-state index contributed by atoms with van der Waals surface area (Å²) in [5, 5.41) is 4.39.